The zero-order valence-electron chi connectivity index (χ0n) is 10.5. The van der Waals surface area contributed by atoms with Crippen molar-refractivity contribution < 1.29 is 14.1 Å². The van der Waals surface area contributed by atoms with Gasteiger partial charge < -0.3 is 15.0 Å². The topological polar surface area (TPSA) is 81.6 Å². The Kier molecular flexibility index (Phi) is 2.52. The molecule has 0 bridgehead atoms. The van der Waals surface area contributed by atoms with Gasteiger partial charge in [0.05, 0.1) is 18.2 Å². The van der Waals surface area contributed by atoms with Crippen LogP contribution in [0.5, 0.6) is 0 Å². The van der Waals surface area contributed by atoms with Crippen LogP contribution in [0.3, 0.4) is 0 Å². The Balaban J connectivity index is 2.15. The maximum absolute atomic E-state index is 12.0. The van der Waals surface area contributed by atoms with Crippen LogP contribution in [0.2, 0.25) is 0 Å². The van der Waals surface area contributed by atoms with Gasteiger partial charge in [-0.1, -0.05) is 5.16 Å². The van der Waals surface area contributed by atoms with E-state index in [-0.39, 0.29) is 18.0 Å². The molecule has 1 aliphatic rings. The second-order valence-electron chi connectivity index (χ2n) is 5.19. The van der Waals surface area contributed by atoms with Gasteiger partial charge >= 0.3 is 6.09 Å². The number of ether oxygens (including phenoxy) is 1. The van der Waals surface area contributed by atoms with Crippen LogP contribution in [0.15, 0.2) is 4.52 Å². The lowest BCUT2D eigenvalue weighted by atomic mass is 10.2. The van der Waals surface area contributed by atoms with Gasteiger partial charge in [0.2, 0.25) is 5.88 Å². The summed E-state index contributed by atoms with van der Waals surface area (Å²) in [4.78, 5) is 13.5. The second-order valence-corrected chi connectivity index (χ2v) is 5.19. The van der Waals surface area contributed by atoms with Crippen LogP contribution in [0.4, 0.5) is 10.7 Å². The highest BCUT2D eigenvalue weighted by molar-refractivity contribution is 5.70. The monoisotopic (exact) mass is 239 g/mol. The van der Waals surface area contributed by atoms with Crippen LogP contribution in [0.25, 0.3) is 0 Å². The predicted octanol–water partition coefficient (Wildman–Crippen LogP) is 2.07. The third-order valence-corrected chi connectivity index (χ3v) is 2.67. The predicted molar refractivity (Wildman–Crippen MR) is 61.1 cm³/mol. The summed E-state index contributed by atoms with van der Waals surface area (Å²) in [6.45, 7) is 7.76. The molecule has 94 valence electrons. The van der Waals surface area contributed by atoms with Gasteiger partial charge in [0.25, 0.3) is 0 Å². The summed E-state index contributed by atoms with van der Waals surface area (Å²) in [6, 6.07) is -0.166. The lowest BCUT2D eigenvalue weighted by molar-refractivity contribution is 0.0181. The molecule has 0 radical (unpaired) electrons. The molecule has 1 amide bonds. The van der Waals surface area contributed by atoms with Crippen molar-refractivity contribution in [2.45, 2.75) is 45.9 Å². The molecule has 17 heavy (non-hydrogen) atoms. The van der Waals surface area contributed by atoms with E-state index in [1.54, 1.807) is 4.90 Å². The number of carbonyl (C=O) groups is 1. The summed E-state index contributed by atoms with van der Waals surface area (Å²) in [7, 11) is 0. The largest absolute Gasteiger partial charge is 0.444 e. The standard InChI is InChI=1S/C11H17N3O3/c1-6-8-7(9(12)17-13-8)5-14(6)10(15)16-11(2,3)4/h6H,5,12H2,1-4H3. The quantitative estimate of drug-likeness (QED) is 0.749. The minimum absolute atomic E-state index is 0.166. The number of nitrogens with two attached hydrogens (primary N) is 1. The summed E-state index contributed by atoms with van der Waals surface area (Å²) < 4.78 is 10.2. The number of fused-ring (bicyclic) bond motifs is 1. The molecule has 2 heterocycles. The molecule has 0 aliphatic carbocycles. The van der Waals surface area contributed by atoms with Crippen molar-refractivity contribution in [2.75, 3.05) is 5.73 Å². The van der Waals surface area contributed by atoms with E-state index < -0.39 is 5.60 Å². The molecule has 0 spiro atoms. The molecule has 0 aromatic carbocycles. The van der Waals surface area contributed by atoms with Gasteiger partial charge in [-0.3, -0.25) is 4.90 Å². The zero-order valence-corrected chi connectivity index (χ0v) is 10.5. The molecule has 0 saturated carbocycles. The Morgan fingerprint density at radius 1 is 1.59 bits per heavy atom. The highest BCUT2D eigenvalue weighted by atomic mass is 16.6. The molecule has 6 heteroatoms. The van der Waals surface area contributed by atoms with Crippen molar-refractivity contribution in [2.24, 2.45) is 0 Å². The van der Waals surface area contributed by atoms with Crippen LogP contribution in [-0.4, -0.2) is 21.8 Å². The van der Waals surface area contributed by atoms with Crippen molar-refractivity contribution in [3.63, 3.8) is 0 Å². The SMILES string of the molecule is CC1c2noc(N)c2CN1C(=O)OC(C)(C)C. The molecule has 6 nitrogen and oxygen atoms in total. The maximum atomic E-state index is 12.0. The van der Waals surface area contributed by atoms with E-state index in [4.69, 9.17) is 15.0 Å². The number of nitrogen functional groups attached to an aromatic ring is 1. The molecule has 1 aliphatic heterocycles. The van der Waals surface area contributed by atoms with Crippen molar-refractivity contribution in [1.29, 1.82) is 0 Å². The molecular weight excluding hydrogens is 222 g/mol. The summed E-state index contributed by atoms with van der Waals surface area (Å²) in [5, 5.41) is 3.86. The fraction of sp³-hybridized carbons (Fsp3) is 0.636. The number of rotatable bonds is 0. The fourth-order valence-electron chi connectivity index (χ4n) is 1.82. The smallest absolute Gasteiger partial charge is 0.411 e. The Labute approximate surface area is 99.7 Å². The number of aromatic nitrogens is 1. The van der Waals surface area contributed by atoms with Crippen molar-refractivity contribution >= 4 is 12.0 Å². The zero-order chi connectivity index (χ0) is 12.8. The number of hydrogen-bond donors (Lipinski definition) is 1. The highest BCUT2D eigenvalue weighted by Crippen LogP contribution is 2.36. The molecule has 1 atom stereocenters. The summed E-state index contributed by atoms with van der Waals surface area (Å²) in [6.07, 6.45) is -0.359. The van der Waals surface area contributed by atoms with E-state index in [1.807, 2.05) is 27.7 Å². The number of amides is 1. The van der Waals surface area contributed by atoms with Crippen molar-refractivity contribution in [3.8, 4) is 0 Å². The summed E-state index contributed by atoms with van der Waals surface area (Å²) >= 11 is 0. The second kappa shape index (κ2) is 3.65. The maximum Gasteiger partial charge on any atom is 0.411 e. The third kappa shape index (κ3) is 2.07. The minimum atomic E-state index is -0.507. The molecule has 1 unspecified atom stereocenters. The number of nitrogens with zero attached hydrogens (tertiary/aromatic N) is 2. The molecule has 0 saturated heterocycles. The first-order valence-electron chi connectivity index (χ1n) is 5.53. The molecule has 0 fully saturated rings. The molecule has 1 aromatic heterocycles. The van der Waals surface area contributed by atoms with Crippen LogP contribution >= 0.6 is 0 Å². The van der Waals surface area contributed by atoms with Gasteiger partial charge in [-0.05, 0) is 27.7 Å². The van der Waals surface area contributed by atoms with Crippen LogP contribution < -0.4 is 5.73 Å². The van der Waals surface area contributed by atoms with Gasteiger partial charge in [-0.25, -0.2) is 4.79 Å². The highest BCUT2D eigenvalue weighted by Gasteiger charge is 2.37. The molecule has 2 N–H and O–H groups in total. The first-order valence-corrected chi connectivity index (χ1v) is 5.53. The Morgan fingerprint density at radius 3 is 2.76 bits per heavy atom. The van der Waals surface area contributed by atoms with Gasteiger partial charge in [-0.15, -0.1) is 0 Å². The summed E-state index contributed by atoms with van der Waals surface area (Å²) in [5.74, 6) is 0.276. The molecule has 1 aromatic rings. The number of carbonyl (C=O) groups excluding carboxylic acids is 1. The van der Waals surface area contributed by atoms with Crippen LogP contribution in [-0.2, 0) is 11.3 Å². The lowest BCUT2D eigenvalue weighted by Crippen LogP contribution is -2.35. The number of hydrogen-bond acceptors (Lipinski definition) is 5. The number of anilines is 1. The van der Waals surface area contributed by atoms with Gasteiger partial charge in [0.1, 0.15) is 11.3 Å². The van der Waals surface area contributed by atoms with E-state index in [2.05, 4.69) is 5.16 Å². The van der Waals surface area contributed by atoms with Gasteiger partial charge in [0, 0.05) is 0 Å². The third-order valence-electron chi connectivity index (χ3n) is 2.67. The first-order chi connectivity index (χ1) is 7.79. The molecule has 2 rings (SSSR count). The Bertz CT molecular complexity index is 447. The molecular formula is C11H17N3O3. The van der Waals surface area contributed by atoms with Gasteiger partial charge in [-0.2, -0.15) is 0 Å². The van der Waals surface area contributed by atoms with E-state index >= 15 is 0 Å². The van der Waals surface area contributed by atoms with Crippen LogP contribution in [0, 0.1) is 0 Å². The summed E-state index contributed by atoms with van der Waals surface area (Å²) in [5.41, 5.74) is 6.63. The van der Waals surface area contributed by atoms with E-state index in [0.717, 1.165) is 5.56 Å². The average Bonchev–Trinajstić information content (AvgIpc) is 2.67. The first kappa shape index (κ1) is 11.8. The Morgan fingerprint density at radius 2 is 2.24 bits per heavy atom. The Hall–Kier alpha value is -1.72. The average molecular weight is 239 g/mol. The lowest BCUT2D eigenvalue weighted by Gasteiger charge is -2.26. The van der Waals surface area contributed by atoms with Crippen molar-refractivity contribution in [3.05, 3.63) is 11.3 Å². The van der Waals surface area contributed by atoms with E-state index in [0.29, 0.717) is 12.2 Å². The van der Waals surface area contributed by atoms with Crippen LogP contribution in [0.1, 0.15) is 45.0 Å². The van der Waals surface area contributed by atoms with E-state index in [9.17, 15) is 4.79 Å². The van der Waals surface area contributed by atoms with E-state index in [1.165, 1.54) is 0 Å². The van der Waals surface area contributed by atoms with Gasteiger partial charge in [0.15, 0.2) is 0 Å². The minimum Gasteiger partial charge on any atom is -0.444 e. The van der Waals surface area contributed by atoms with Crippen molar-refractivity contribution in [1.82, 2.24) is 10.1 Å². The normalized spacial score (nSPS) is 19.3. The fourth-order valence-corrected chi connectivity index (χ4v) is 1.82.